The van der Waals surface area contributed by atoms with Crippen LogP contribution >= 0.6 is 11.8 Å². The van der Waals surface area contributed by atoms with Crippen molar-refractivity contribution in [2.24, 2.45) is 0 Å². The van der Waals surface area contributed by atoms with Gasteiger partial charge in [-0.25, -0.2) is 0 Å². The Bertz CT molecular complexity index is 920. The number of thioether (sulfide) groups is 1. The maximum atomic E-state index is 12.8. The third kappa shape index (κ3) is 4.78. The van der Waals surface area contributed by atoms with Crippen LogP contribution in [0.1, 0.15) is 55.7 Å². The lowest BCUT2D eigenvalue weighted by Crippen LogP contribution is -2.14. The van der Waals surface area contributed by atoms with Crippen LogP contribution in [0.3, 0.4) is 0 Å². The minimum Gasteiger partial charge on any atom is -0.326 e. The molecule has 1 aromatic carbocycles. The van der Waals surface area contributed by atoms with Crippen LogP contribution in [0.2, 0.25) is 0 Å². The predicted molar refractivity (Wildman–Crippen MR) is 108 cm³/mol. The zero-order valence-corrected chi connectivity index (χ0v) is 16.9. The molecule has 1 aliphatic carbocycles. The molecule has 0 spiro atoms. The van der Waals surface area contributed by atoms with E-state index in [1.54, 1.807) is 18.2 Å². The monoisotopic (exact) mass is 401 g/mol. The molecule has 0 aliphatic heterocycles. The van der Waals surface area contributed by atoms with E-state index in [0.717, 1.165) is 30.4 Å². The number of ketones is 1. The van der Waals surface area contributed by atoms with Gasteiger partial charge < -0.3 is 15.2 Å². The van der Waals surface area contributed by atoms with Crippen LogP contribution in [-0.2, 0) is 16.1 Å². The number of hydrogen-bond acceptors (Lipinski definition) is 6. The fourth-order valence-corrected chi connectivity index (χ4v) is 3.81. The van der Waals surface area contributed by atoms with Gasteiger partial charge in [0, 0.05) is 37.6 Å². The Hall–Kier alpha value is -2.68. The first-order valence-electron chi connectivity index (χ1n) is 9.17. The van der Waals surface area contributed by atoms with Gasteiger partial charge in [-0.05, 0) is 38.0 Å². The number of benzene rings is 1. The third-order valence-corrected chi connectivity index (χ3v) is 5.25. The normalized spacial score (nSPS) is 13.2. The van der Waals surface area contributed by atoms with E-state index >= 15 is 0 Å². The van der Waals surface area contributed by atoms with E-state index in [4.69, 9.17) is 0 Å². The van der Waals surface area contributed by atoms with Gasteiger partial charge in [0.25, 0.3) is 0 Å². The van der Waals surface area contributed by atoms with Gasteiger partial charge in [0.2, 0.25) is 11.8 Å². The van der Waals surface area contributed by atoms with E-state index in [1.807, 2.05) is 6.92 Å². The van der Waals surface area contributed by atoms with Crippen molar-refractivity contribution in [2.45, 2.75) is 51.2 Å². The average Bonchev–Trinajstić information content (AvgIpc) is 3.38. The highest BCUT2D eigenvalue weighted by Crippen LogP contribution is 2.40. The molecule has 2 N–H and O–H groups in total. The van der Waals surface area contributed by atoms with Crippen molar-refractivity contribution >= 4 is 40.7 Å². The first-order chi connectivity index (χ1) is 13.4. The van der Waals surface area contributed by atoms with E-state index in [1.165, 1.54) is 25.6 Å². The zero-order valence-electron chi connectivity index (χ0n) is 16.1. The number of amides is 2. The number of anilines is 2. The van der Waals surface area contributed by atoms with Crippen molar-refractivity contribution in [1.29, 1.82) is 0 Å². The molecule has 1 aromatic heterocycles. The van der Waals surface area contributed by atoms with Crippen molar-refractivity contribution in [2.75, 3.05) is 16.4 Å². The number of carbonyl (C=O) groups is 3. The second-order valence-electron chi connectivity index (χ2n) is 6.69. The van der Waals surface area contributed by atoms with Gasteiger partial charge in [-0.1, -0.05) is 11.8 Å². The summed E-state index contributed by atoms with van der Waals surface area (Å²) in [7, 11) is 0. The number of aromatic nitrogens is 3. The van der Waals surface area contributed by atoms with Crippen molar-refractivity contribution in [3.05, 3.63) is 29.6 Å². The maximum absolute atomic E-state index is 12.8. The van der Waals surface area contributed by atoms with Gasteiger partial charge in [0.1, 0.15) is 5.82 Å². The van der Waals surface area contributed by atoms with Crippen LogP contribution in [-0.4, -0.2) is 38.1 Å². The van der Waals surface area contributed by atoms with Gasteiger partial charge in [0.05, 0.1) is 11.4 Å². The minimum absolute atomic E-state index is 0.137. The number of Topliss-reactive ketones (excluding diaryl/α,β-unsaturated/α-hetero) is 1. The molecule has 1 fully saturated rings. The van der Waals surface area contributed by atoms with Gasteiger partial charge >= 0.3 is 0 Å². The summed E-state index contributed by atoms with van der Waals surface area (Å²) in [4.78, 5) is 35.6. The number of nitrogens with one attached hydrogen (secondary N) is 2. The summed E-state index contributed by atoms with van der Waals surface area (Å²) in [6, 6.07) is 4.84. The molecule has 0 saturated heterocycles. The molecule has 1 saturated carbocycles. The first-order valence-corrected chi connectivity index (χ1v) is 10.2. The molecule has 2 aromatic rings. The van der Waals surface area contributed by atoms with Crippen molar-refractivity contribution in [3.8, 4) is 0 Å². The summed E-state index contributed by atoms with van der Waals surface area (Å²) in [5, 5.41) is 14.6. The van der Waals surface area contributed by atoms with Gasteiger partial charge in [0.15, 0.2) is 10.9 Å². The van der Waals surface area contributed by atoms with E-state index in [-0.39, 0.29) is 23.4 Å². The van der Waals surface area contributed by atoms with Crippen LogP contribution in [0.4, 0.5) is 11.4 Å². The lowest BCUT2D eigenvalue weighted by Gasteiger charge is -2.12. The smallest absolute Gasteiger partial charge is 0.221 e. The summed E-state index contributed by atoms with van der Waals surface area (Å²) in [6.07, 6.45) is 2.28. The molecule has 2 amide bonds. The number of rotatable bonds is 8. The highest BCUT2D eigenvalue weighted by molar-refractivity contribution is 7.99. The molecule has 1 aliphatic rings. The summed E-state index contributed by atoms with van der Waals surface area (Å²) in [5.74, 6) is 1.01. The Kier molecular flexibility index (Phi) is 6.13. The molecule has 8 nitrogen and oxygen atoms in total. The molecule has 3 rings (SSSR count). The predicted octanol–water partition coefficient (Wildman–Crippen LogP) is 3.07. The Labute approximate surface area is 167 Å². The summed E-state index contributed by atoms with van der Waals surface area (Å²) >= 11 is 1.34. The highest BCUT2D eigenvalue weighted by Gasteiger charge is 2.30. The lowest BCUT2D eigenvalue weighted by molar-refractivity contribution is -0.115. The van der Waals surface area contributed by atoms with E-state index in [0.29, 0.717) is 22.9 Å². The Morgan fingerprint density at radius 2 is 1.86 bits per heavy atom. The molecule has 9 heteroatoms. The number of nitrogens with zero attached hydrogens (tertiary/aromatic N) is 3. The average molecular weight is 401 g/mol. The summed E-state index contributed by atoms with van der Waals surface area (Å²) in [6.45, 7) is 5.57. The molecule has 1 heterocycles. The van der Waals surface area contributed by atoms with E-state index < -0.39 is 0 Å². The lowest BCUT2D eigenvalue weighted by atomic mass is 10.1. The Morgan fingerprint density at radius 3 is 2.46 bits per heavy atom. The fraction of sp³-hybridized carbons (Fsp3) is 0.421. The molecular weight excluding hydrogens is 378 g/mol. The summed E-state index contributed by atoms with van der Waals surface area (Å²) < 4.78 is 2.06. The Balaban J connectivity index is 1.76. The molecule has 28 heavy (non-hydrogen) atoms. The fourth-order valence-electron chi connectivity index (χ4n) is 2.92. The van der Waals surface area contributed by atoms with Crippen LogP contribution in [0.5, 0.6) is 0 Å². The number of hydrogen-bond donors (Lipinski definition) is 2. The van der Waals surface area contributed by atoms with Crippen LogP contribution < -0.4 is 10.6 Å². The van der Waals surface area contributed by atoms with Crippen LogP contribution in [0, 0.1) is 0 Å². The van der Waals surface area contributed by atoms with Gasteiger partial charge in [-0.15, -0.1) is 10.2 Å². The number of carbonyl (C=O) groups excluding carboxylic acids is 3. The molecule has 0 unspecified atom stereocenters. The third-order valence-electron chi connectivity index (χ3n) is 4.29. The summed E-state index contributed by atoms with van der Waals surface area (Å²) in [5.41, 5.74) is 1.28. The van der Waals surface area contributed by atoms with Crippen LogP contribution in [0.25, 0.3) is 0 Å². The van der Waals surface area contributed by atoms with Gasteiger partial charge in [-0.2, -0.15) is 0 Å². The van der Waals surface area contributed by atoms with Crippen molar-refractivity contribution < 1.29 is 14.4 Å². The van der Waals surface area contributed by atoms with E-state index in [9.17, 15) is 14.4 Å². The quantitative estimate of drug-likeness (QED) is 0.520. The maximum Gasteiger partial charge on any atom is 0.221 e. The van der Waals surface area contributed by atoms with Gasteiger partial charge in [-0.3, -0.25) is 14.4 Å². The Morgan fingerprint density at radius 1 is 1.14 bits per heavy atom. The zero-order chi connectivity index (χ0) is 20.3. The largest absolute Gasteiger partial charge is 0.326 e. The van der Waals surface area contributed by atoms with Crippen LogP contribution in [0.15, 0.2) is 23.4 Å². The molecule has 0 bridgehead atoms. The molecule has 0 atom stereocenters. The standard InChI is InChI=1S/C19H23N5O3S/c1-4-24-18(13-5-6-13)22-23-19(24)28-10-17(27)15-8-7-14(20-11(2)25)9-16(15)21-12(3)26/h7-9,13H,4-6,10H2,1-3H3,(H,20,25)(H,21,26). The molecule has 0 radical (unpaired) electrons. The topological polar surface area (TPSA) is 106 Å². The van der Waals surface area contributed by atoms with E-state index in [2.05, 4.69) is 25.4 Å². The second kappa shape index (κ2) is 8.55. The second-order valence-corrected chi connectivity index (χ2v) is 7.64. The molecular formula is C19H23N5O3S. The first kappa shape index (κ1) is 20.1. The van der Waals surface area contributed by atoms with Crippen molar-refractivity contribution in [3.63, 3.8) is 0 Å². The van der Waals surface area contributed by atoms with Crippen molar-refractivity contribution in [1.82, 2.24) is 14.8 Å². The SMILES string of the molecule is CCn1c(SCC(=O)c2ccc(NC(C)=O)cc2NC(C)=O)nnc1C1CC1. The molecule has 148 valence electrons. The highest BCUT2D eigenvalue weighted by atomic mass is 32.2. The minimum atomic E-state index is -0.290.